The van der Waals surface area contributed by atoms with Crippen LogP contribution in [0.15, 0.2) is 0 Å². The minimum absolute atomic E-state index is 0.0310. The average molecular weight is 264 g/mol. The Morgan fingerprint density at radius 2 is 2.06 bits per heavy atom. The molecule has 17 heavy (non-hydrogen) atoms. The highest BCUT2D eigenvalue weighted by Crippen LogP contribution is 2.21. The van der Waals surface area contributed by atoms with Crippen molar-refractivity contribution in [3.8, 4) is 0 Å². The van der Waals surface area contributed by atoms with Gasteiger partial charge in [-0.1, -0.05) is 0 Å². The van der Waals surface area contributed by atoms with E-state index < -0.39 is 16.2 Å². The number of carbonyl (C=O) groups excluding carboxylic acids is 1. The maximum absolute atomic E-state index is 12.0. The van der Waals surface area contributed by atoms with E-state index in [-0.39, 0.29) is 25.2 Å². The van der Waals surface area contributed by atoms with Crippen molar-refractivity contribution in [1.82, 2.24) is 9.03 Å². The van der Waals surface area contributed by atoms with E-state index in [0.717, 1.165) is 17.1 Å². The van der Waals surface area contributed by atoms with E-state index in [1.807, 2.05) is 0 Å². The molecule has 1 N–H and O–H groups in total. The molecule has 0 saturated heterocycles. The first-order valence-corrected chi connectivity index (χ1v) is 7.25. The Hall–Kier alpha value is -0.660. The summed E-state index contributed by atoms with van der Waals surface area (Å²) in [6, 6.07) is -0.251. The number of hydrogen-bond acceptors (Lipinski definition) is 4. The van der Waals surface area contributed by atoms with Gasteiger partial charge in [-0.2, -0.15) is 17.4 Å². The van der Waals surface area contributed by atoms with Gasteiger partial charge in [-0.25, -0.2) is 0 Å². The highest BCUT2D eigenvalue weighted by molar-refractivity contribution is 7.87. The van der Waals surface area contributed by atoms with Crippen LogP contribution in [-0.2, 0) is 19.7 Å². The number of hydrogen-bond donors (Lipinski definition) is 1. The van der Waals surface area contributed by atoms with Gasteiger partial charge in [-0.05, 0) is 33.6 Å². The van der Waals surface area contributed by atoms with Gasteiger partial charge in [0.2, 0.25) is 0 Å². The molecule has 0 aromatic heterocycles. The number of esters is 1. The number of carbonyl (C=O) groups is 1. The SMILES string of the molecule is CCOC(=O)CN(C(C)C)S(=O)(=O)NC1CC1. The molecule has 0 bridgehead atoms. The highest BCUT2D eigenvalue weighted by atomic mass is 32.2. The van der Waals surface area contributed by atoms with E-state index in [9.17, 15) is 13.2 Å². The highest BCUT2D eigenvalue weighted by Gasteiger charge is 2.33. The third-order valence-electron chi connectivity index (χ3n) is 2.37. The largest absolute Gasteiger partial charge is 0.465 e. The van der Waals surface area contributed by atoms with Gasteiger partial charge in [-0.3, -0.25) is 4.79 Å². The normalized spacial score (nSPS) is 16.5. The fourth-order valence-corrected chi connectivity index (χ4v) is 2.98. The zero-order valence-corrected chi connectivity index (χ0v) is 11.3. The monoisotopic (exact) mass is 264 g/mol. The van der Waals surface area contributed by atoms with E-state index in [1.165, 1.54) is 0 Å². The van der Waals surface area contributed by atoms with Crippen molar-refractivity contribution in [2.24, 2.45) is 0 Å². The lowest BCUT2D eigenvalue weighted by atomic mass is 10.4. The summed E-state index contributed by atoms with van der Waals surface area (Å²) in [7, 11) is -3.59. The molecule has 1 fully saturated rings. The average Bonchev–Trinajstić information content (AvgIpc) is 2.97. The smallest absolute Gasteiger partial charge is 0.321 e. The molecule has 0 aliphatic heterocycles. The Bertz CT molecular complexity index is 363. The molecular weight excluding hydrogens is 244 g/mol. The molecule has 100 valence electrons. The van der Waals surface area contributed by atoms with Gasteiger partial charge in [0.25, 0.3) is 10.2 Å². The van der Waals surface area contributed by atoms with Crippen LogP contribution in [0, 0.1) is 0 Å². The quantitative estimate of drug-likeness (QED) is 0.669. The molecule has 1 rings (SSSR count). The molecule has 0 aromatic rings. The number of nitrogens with one attached hydrogen (secondary N) is 1. The van der Waals surface area contributed by atoms with Crippen molar-refractivity contribution < 1.29 is 17.9 Å². The van der Waals surface area contributed by atoms with Gasteiger partial charge in [0, 0.05) is 12.1 Å². The summed E-state index contributed by atoms with van der Waals surface area (Å²) >= 11 is 0. The first kappa shape index (κ1) is 14.4. The van der Waals surface area contributed by atoms with E-state index in [0.29, 0.717) is 0 Å². The molecule has 0 heterocycles. The van der Waals surface area contributed by atoms with Gasteiger partial charge in [0.15, 0.2) is 0 Å². The van der Waals surface area contributed by atoms with Crippen molar-refractivity contribution in [3.63, 3.8) is 0 Å². The van der Waals surface area contributed by atoms with E-state index >= 15 is 0 Å². The first-order chi connectivity index (χ1) is 7.86. The Labute approximate surface area is 102 Å². The van der Waals surface area contributed by atoms with Crippen LogP contribution >= 0.6 is 0 Å². The molecular formula is C10H20N2O4S. The molecule has 7 heteroatoms. The lowest BCUT2D eigenvalue weighted by molar-refractivity contribution is -0.143. The van der Waals surface area contributed by atoms with Crippen molar-refractivity contribution in [3.05, 3.63) is 0 Å². The van der Waals surface area contributed by atoms with Crippen molar-refractivity contribution in [2.75, 3.05) is 13.2 Å². The summed E-state index contributed by atoms with van der Waals surface area (Å²) in [5.41, 5.74) is 0. The summed E-state index contributed by atoms with van der Waals surface area (Å²) in [4.78, 5) is 11.3. The van der Waals surface area contributed by atoms with E-state index in [1.54, 1.807) is 20.8 Å². The second-order valence-electron chi connectivity index (χ2n) is 4.34. The van der Waals surface area contributed by atoms with Gasteiger partial charge in [0.1, 0.15) is 6.54 Å². The molecule has 0 radical (unpaired) electrons. The summed E-state index contributed by atoms with van der Waals surface area (Å²) in [5, 5.41) is 0. The fraction of sp³-hybridized carbons (Fsp3) is 0.900. The minimum Gasteiger partial charge on any atom is -0.465 e. The molecule has 6 nitrogen and oxygen atoms in total. The molecule has 1 aliphatic rings. The predicted octanol–water partition coefficient (Wildman–Crippen LogP) is 0.257. The van der Waals surface area contributed by atoms with Gasteiger partial charge in [-0.15, -0.1) is 0 Å². The third-order valence-corrected chi connectivity index (χ3v) is 4.17. The zero-order valence-electron chi connectivity index (χ0n) is 10.5. The third kappa shape index (κ3) is 4.61. The van der Waals surface area contributed by atoms with Crippen LogP contribution in [0.5, 0.6) is 0 Å². The number of ether oxygens (including phenoxy) is 1. The van der Waals surface area contributed by atoms with Crippen molar-refractivity contribution in [2.45, 2.75) is 45.7 Å². The van der Waals surface area contributed by atoms with Crippen LogP contribution < -0.4 is 4.72 Å². The van der Waals surface area contributed by atoms with Crippen LogP contribution in [0.2, 0.25) is 0 Å². The lowest BCUT2D eigenvalue weighted by Gasteiger charge is -2.24. The van der Waals surface area contributed by atoms with Crippen molar-refractivity contribution in [1.29, 1.82) is 0 Å². The Kier molecular flexibility index (Phi) is 4.91. The Morgan fingerprint density at radius 1 is 1.47 bits per heavy atom. The lowest BCUT2D eigenvalue weighted by Crippen LogP contribution is -2.47. The van der Waals surface area contributed by atoms with E-state index in [4.69, 9.17) is 4.74 Å². The molecule has 0 unspecified atom stereocenters. The van der Waals surface area contributed by atoms with Crippen LogP contribution in [0.4, 0.5) is 0 Å². The molecule has 0 spiro atoms. The molecule has 1 aliphatic carbocycles. The standard InChI is InChI=1S/C10H20N2O4S/c1-4-16-10(13)7-12(8(2)3)17(14,15)11-9-5-6-9/h8-9,11H,4-7H2,1-3H3. The predicted molar refractivity (Wildman–Crippen MR) is 63.6 cm³/mol. The first-order valence-electron chi connectivity index (χ1n) is 5.81. The minimum atomic E-state index is -3.59. The van der Waals surface area contributed by atoms with Crippen LogP contribution in [0.3, 0.4) is 0 Å². The van der Waals surface area contributed by atoms with Crippen LogP contribution in [0.25, 0.3) is 0 Å². The summed E-state index contributed by atoms with van der Waals surface area (Å²) in [5.74, 6) is -0.526. The van der Waals surface area contributed by atoms with E-state index in [2.05, 4.69) is 4.72 Å². The zero-order chi connectivity index (χ0) is 13.1. The fourth-order valence-electron chi connectivity index (χ4n) is 1.36. The maximum atomic E-state index is 12.0. The topological polar surface area (TPSA) is 75.7 Å². The van der Waals surface area contributed by atoms with Crippen molar-refractivity contribution >= 4 is 16.2 Å². The van der Waals surface area contributed by atoms with Gasteiger partial charge in [0.05, 0.1) is 6.61 Å². The van der Waals surface area contributed by atoms with Crippen LogP contribution in [0.1, 0.15) is 33.6 Å². The Balaban J connectivity index is 2.66. The maximum Gasteiger partial charge on any atom is 0.321 e. The summed E-state index contributed by atoms with van der Waals surface area (Å²) in [6.45, 7) is 5.15. The number of nitrogens with zero attached hydrogens (tertiary/aromatic N) is 1. The summed E-state index contributed by atoms with van der Waals surface area (Å²) in [6.07, 6.45) is 1.73. The van der Waals surface area contributed by atoms with Gasteiger partial charge < -0.3 is 4.74 Å². The molecule has 0 aromatic carbocycles. The molecule has 1 saturated carbocycles. The van der Waals surface area contributed by atoms with Gasteiger partial charge >= 0.3 is 5.97 Å². The molecule has 0 amide bonds. The summed E-state index contributed by atoms with van der Waals surface area (Å²) < 4.78 is 32.4. The second-order valence-corrected chi connectivity index (χ2v) is 6.00. The van der Waals surface area contributed by atoms with Crippen LogP contribution in [-0.4, -0.2) is 43.9 Å². The molecule has 0 atom stereocenters. The second kappa shape index (κ2) is 5.79. The Morgan fingerprint density at radius 3 is 2.47 bits per heavy atom. The number of rotatable bonds is 7.